The van der Waals surface area contributed by atoms with E-state index >= 15 is 0 Å². The number of ether oxygens (including phenoxy) is 1. The molecule has 2 aromatic carbocycles. The van der Waals surface area contributed by atoms with Crippen LogP contribution in [-0.4, -0.2) is 49.7 Å². The second-order valence-electron chi connectivity index (χ2n) is 8.34. The Morgan fingerprint density at radius 3 is 2.31 bits per heavy atom. The maximum atomic E-state index is 13.6. The largest absolute Gasteiger partial charge is 0.453 e. The van der Waals surface area contributed by atoms with Gasteiger partial charge in [0.05, 0.1) is 36.0 Å². The van der Waals surface area contributed by atoms with Crippen LogP contribution in [-0.2, 0) is 26.3 Å². The Hall–Kier alpha value is -3.78. The van der Waals surface area contributed by atoms with Crippen molar-refractivity contribution >= 4 is 50.7 Å². The van der Waals surface area contributed by atoms with Crippen molar-refractivity contribution in [2.24, 2.45) is 0 Å². The Labute approximate surface area is 234 Å². The first-order chi connectivity index (χ1) is 18.7. The molecule has 0 saturated heterocycles. The number of thiazole rings is 1. The summed E-state index contributed by atoms with van der Waals surface area (Å²) in [5.74, 6) is -0.580. The molecule has 2 heterocycles. The number of methoxy groups -OCH3 is 1. The zero-order valence-electron chi connectivity index (χ0n) is 20.8. The van der Waals surface area contributed by atoms with Crippen molar-refractivity contribution in [3.8, 4) is 9.88 Å². The fraction of sp³-hybridized carbons (Fsp3) is 0.192. The summed E-state index contributed by atoms with van der Waals surface area (Å²) < 4.78 is 40.4. The Balaban J connectivity index is 1.67. The summed E-state index contributed by atoms with van der Waals surface area (Å²) in [7, 11) is -3.52. The molecular formula is C26H26N4O6S3. The van der Waals surface area contributed by atoms with Gasteiger partial charge >= 0.3 is 16.4 Å². The molecule has 13 heteroatoms. The Bertz CT molecular complexity index is 1480. The third-order valence-corrected chi connectivity index (χ3v) is 8.49. The summed E-state index contributed by atoms with van der Waals surface area (Å²) in [6.07, 6.45) is -0.632. The van der Waals surface area contributed by atoms with Crippen LogP contribution in [0.3, 0.4) is 0 Å². The van der Waals surface area contributed by atoms with Gasteiger partial charge in [-0.25, -0.2) is 14.1 Å². The minimum Gasteiger partial charge on any atom is -0.453 e. The highest BCUT2D eigenvalue weighted by atomic mass is 32.2. The van der Waals surface area contributed by atoms with Crippen LogP contribution in [0.25, 0.3) is 9.88 Å². The number of carbonyl (C=O) groups excluding carboxylic acids is 2. The van der Waals surface area contributed by atoms with Crippen molar-refractivity contribution in [2.75, 3.05) is 18.0 Å². The van der Waals surface area contributed by atoms with Crippen LogP contribution in [0.2, 0.25) is 0 Å². The molecule has 3 N–H and O–H groups in total. The molecule has 0 unspecified atom stereocenters. The molecule has 4 aromatic rings. The molecule has 0 aliphatic rings. The Kier molecular flexibility index (Phi) is 9.30. The molecule has 0 fully saturated rings. The van der Waals surface area contributed by atoms with Crippen LogP contribution in [0.15, 0.2) is 83.6 Å². The fourth-order valence-electron chi connectivity index (χ4n) is 3.80. The number of carbonyl (C=O) groups is 2. The molecule has 0 aliphatic carbocycles. The number of thiophene rings is 1. The molecule has 204 valence electrons. The number of rotatable bonds is 11. The summed E-state index contributed by atoms with van der Waals surface area (Å²) in [4.78, 5) is 31.2. The predicted molar refractivity (Wildman–Crippen MR) is 151 cm³/mol. The monoisotopic (exact) mass is 586 g/mol. The average Bonchev–Trinajstić information content (AvgIpc) is 3.63. The van der Waals surface area contributed by atoms with Crippen molar-refractivity contribution in [1.29, 1.82) is 0 Å². The van der Waals surface area contributed by atoms with Crippen LogP contribution in [0.4, 0.5) is 10.5 Å². The molecule has 0 aliphatic heterocycles. The lowest BCUT2D eigenvalue weighted by molar-refractivity contribution is -0.123. The summed E-state index contributed by atoms with van der Waals surface area (Å²) in [6, 6.07) is 18.9. The molecule has 2 aromatic heterocycles. The van der Waals surface area contributed by atoms with Crippen molar-refractivity contribution in [2.45, 2.75) is 18.5 Å². The number of alkyl carbamates (subject to hydrolysis) is 1. The van der Waals surface area contributed by atoms with Gasteiger partial charge in [-0.1, -0.05) is 54.6 Å². The van der Waals surface area contributed by atoms with Crippen molar-refractivity contribution < 1.29 is 27.3 Å². The summed E-state index contributed by atoms with van der Waals surface area (Å²) >= 11 is 2.84. The molecule has 0 radical (unpaired) electrons. The number of hydrogen-bond acceptors (Lipinski definition) is 8. The first-order valence-electron chi connectivity index (χ1n) is 11.7. The average molecular weight is 587 g/mol. The number of benzene rings is 2. The highest BCUT2D eigenvalue weighted by Crippen LogP contribution is 2.31. The van der Waals surface area contributed by atoms with E-state index in [-0.39, 0.29) is 18.7 Å². The number of para-hydroxylation sites is 1. The SMILES string of the molecule is COC(=O)N[C@@H](Cc1ccccc1)C(=O)N[C@@H](CN(c1ccccc1)S(=O)(=O)O)c1csc(-c2cccs2)n1. The molecule has 10 nitrogen and oxygen atoms in total. The van der Waals surface area contributed by atoms with E-state index in [9.17, 15) is 22.6 Å². The number of amides is 2. The minimum absolute atomic E-state index is 0.159. The molecular weight excluding hydrogens is 561 g/mol. The second-order valence-corrected chi connectivity index (χ2v) is 11.5. The number of hydrogen-bond donors (Lipinski definition) is 3. The van der Waals surface area contributed by atoms with Crippen molar-refractivity contribution in [1.82, 2.24) is 15.6 Å². The van der Waals surface area contributed by atoms with Gasteiger partial charge in [0, 0.05) is 11.8 Å². The molecule has 2 atom stereocenters. The van der Waals surface area contributed by atoms with E-state index in [1.165, 1.54) is 41.9 Å². The number of anilines is 1. The van der Waals surface area contributed by atoms with Crippen LogP contribution in [0, 0.1) is 0 Å². The van der Waals surface area contributed by atoms with Gasteiger partial charge in [-0.15, -0.1) is 22.7 Å². The van der Waals surface area contributed by atoms with Gasteiger partial charge in [-0.2, -0.15) is 8.42 Å². The quantitative estimate of drug-likeness (QED) is 0.223. The maximum absolute atomic E-state index is 13.6. The van der Waals surface area contributed by atoms with Gasteiger partial charge in [0.1, 0.15) is 11.0 Å². The third kappa shape index (κ3) is 7.63. The standard InChI is InChI=1S/C26H26N4O6S3/c1-36-26(32)29-20(15-18-9-4-2-5-10-18)24(31)27-21(22-17-38-25(28-22)23-13-8-14-37-23)16-30(39(33,34)35)19-11-6-3-7-12-19/h2-14,17,20-21H,15-16H2,1H3,(H,27,31)(H,29,32)(H,33,34,35)/t20-,21-/m0/s1. The lowest BCUT2D eigenvalue weighted by atomic mass is 10.0. The first kappa shape index (κ1) is 28.2. The van der Waals surface area contributed by atoms with Crippen LogP contribution < -0.4 is 14.9 Å². The van der Waals surface area contributed by atoms with E-state index in [0.29, 0.717) is 10.7 Å². The maximum Gasteiger partial charge on any atom is 0.407 e. The number of nitrogens with one attached hydrogen (secondary N) is 2. The predicted octanol–water partition coefficient (Wildman–Crippen LogP) is 4.31. The lowest BCUT2D eigenvalue weighted by Crippen LogP contribution is -2.50. The third-order valence-electron chi connectivity index (χ3n) is 5.68. The van der Waals surface area contributed by atoms with E-state index in [1.54, 1.807) is 23.6 Å². The van der Waals surface area contributed by atoms with E-state index in [0.717, 1.165) is 14.7 Å². The molecule has 4 rings (SSSR count). The smallest absolute Gasteiger partial charge is 0.407 e. The van der Waals surface area contributed by atoms with Crippen molar-refractivity contribution in [3.63, 3.8) is 0 Å². The topological polar surface area (TPSA) is 138 Å². The minimum atomic E-state index is -4.71. The molecule has 0 saturated carbocycles. The van der Waals surface area contributed by atoms with Crippen LogP contribution in [0.1, 0.15) is 17.3 Å². The molecule has 0 spiro atoms. The van der Waals surface area contributed by atoms with Gasteiger partial charge < -0.3 is 15.4 Å². The van der Waals surface area contributed by atoms with Gasteiger partial charge in [0.25, 0.3) is 0 Å². The fourth-order valence-corrected chi connectivity index (χ4v) is 6.21. The van der Waals surface area contributed by atoms with Gasteiger partial charge in [-0.3, -0.25) is 9.35 Å². The number of nitrogens with zero attached hydrogens (tertiary/aromatic N) is 2. The lowest BCUT2D eigenvalue weighted by Gasteiger charge is -2.28. The molecule has 2 amide bonds. The van der Waals surface area contributed by atoms with E-state index in [2.05, 4.69) is 15.6 Å². The normalized spacial score (nSPS) is 12.8. The van der Waals surface area contributed by atoms with Crippen LogP contribution in [0.5, 0.6) is 0 Å². The highest BCUT2D eigenvalue weighted by Gasteiger charge is 2.30. The van der Waals surface area contributed by atoms with Crippen molar-refractivity contribution in [3.05, 3.63) is 94.8 Å². The summed E-state index contributed by atoms with van der Waals surface area (Å²) in [6.45, 7) is -0.349. The summed E-state index contributed by atoms with van der Waals surface area (Å²) in [5, 5.41) is 9.72. The van der Waals surface area contributed by atoms with Gasteiger partial charge in [0.2, 0.25) is 5.91 Å². The van der Waals surface area contributed by atoms with Gasteiger partial charge in [0.15, 0.2) is 0 Å². The zero-order valence-corrected chi connectivity index (χ0v) is 23.2. The van der Waals surface area contributed by atoms with E-state index in [4.69, 9.17) is 4.74 Å². The second kappa shape index (κ2) is 12.8. The van der Waals surface area contributed by atoms with Crippen LogP contribution >= 0.6 is 22.7 Å². The number of aromatic nitrogens is 1. The Morgan fingerprint density at radius 2 is 1.69 bits per heavy atom. The van der Waals surface area contributed by atoms with Gasteiger partial charge in [-0.05, 0) is 29.1 Å². The zero-order chi connectivity index (χ0) is 27.8. The van der Waals surface area contributed by atoms with E-state index < -0.39 is 34.4 Å². The molecule has 39 heavy (non-hydrogen) atoms. The Morgan fingerprint density at radius 1 is 1.00 bits per heavy atom. The highest BCUT2D eigenvalue weighted by molar-refractivity contribution is 7.87. The first-order valence-corrected chi connectivity index (χ1v) is 14.9. The van der Waals surface area contributed by atoms with E-state index in [1.807, 2.05) is 47.8 Å². The summed E-state index contributed by atoms with van der Waals surface area (Å²) in [5.41, 5.74) is 1.41. The molecule has 0 bridgehead atoms.